The first-order valence-electron chi connectivity index (χ1n) is 9.95. The third kappa shape index (κ3) is 4.64. The van der Waals surface area contributed by atoms with Gasteiger partial charge in [0.25, 0.3) is 0 Å². The highest BCUT2D eigenvalue weighted by Crippen LogP contribution is 2.39. The second kappa shape index (κ2) is 9.71. The molecular weight excluding hydrogens is 392 g/mol. The minimum absolute atomic E-state index is 0.0924. The van der Waals surface area contributed by atoms with Gasteiger partial charge in [-0.1, -0.05) is 91.0 Å². The highest BCUT2D eigenvalue weighted by Gasteiger charge is 2.44. The number of primary amides is 1. The highest BCUT2D eigenvalue weighted by atomic mass is 16.4. The van der Waals surface area contributed by atoms with Gasteiger partial charge >= 0.3 is 5.97 Å². The van der Waals surface area contributed by atoms with Crippen LogP contribution in [0.5, 0.6) is 0 Å². The van der Waals surface area contributed by atoms with E-state index in [0.29, 0.717) is 16.7 Å². The summed E-state index contributed by atoms with van der Waals surface area (Å²) in [5.74, 6) is -2.30. The minimum atomic E-state index is -1.26. The summed E-state index contributed by atoms with van der Waals surface area (Å²) in [5.41, 5.74) is 6.36. The first kappa shape index (κ1) is 21.8. The molecule has 3 aromatic carbocycles. The summed E-state index contributed by atoms with van der Waals surface area (Å²) in [5, 5.41) is 11.7. The van der Waals surface area contributed by atoms with Crippen molar-refractivity contribution in [1.82, 2.24) is 5.32 Å². The first-order valence-corrected chi connectivity index (χ1v) is 9.95. The molecule has 1 atom stereocenters. The maximum Gasteiger partial charge on any atom is 0.303 e. The number of carbonyl (C=O) groups excluding carboxylic acids is 2. The molecule has 0 aliphatic heterocycles. The molecule has 3 rings (SSSR count). The molecule has 0 unspecified atom stereocenters. The van der Waals surface area contributed by atoms with E-state index in [1.165, 1.54) is 0 Å². The first-order chi connectivity index (χ1) is 15.0. The molecule has 0 saturated heterocycles. The summed E-state index contributed by atoms with van der Waals surface area (Å²) < 4.78 is 0. The Labute approximate surface area is 180 Å². The van der Waals surface area contributed by atoms with Crippen molar-refractivity contribution in [3.63, 3.8) is 0 Å². The molecule has 0 fully saturated rings. The number of amides is 2. The summed E-state index contributed by atoms with van der Waals surface area (Å²) in [7, 11) is 0. The normalized spacial score (nSPS) is 12.0. The van der Waals surface area contributed by atoms with E-state index in [9.17, 15) is 14.4 Å². The smallest absolute Gasteiger partial charge is 0.303 e. The average molecular weight is 416 g/mol. The van der Waals surface area contributed by atoms with E-state index in [-0.39, 0.29) is 12.8 Å². The molecule has 0 aliphatic carbocycles. The maximum absolute atomic E-state index is 14.0. The fraction of sp³-hybridized carbons (Fsp3) is 0.160. The molecule has 4 N–H and O–H groups in total. The fourth-order valence-electron chi connectivity index (χ4n) is 3.78. The summed E-state index contributed by atoms with van der Waals surface area (Å²) in [6, 6.07) is 26.7. The SMILES string of the molecule is NC(=O)[C@H](CCC(=O)O)NC(=O)C(c1ccccc1)(c1ccccc1)c1ccccc1. The number of rotatable bonds is 9. The highest BCUT2D eigenvalue weighted by molar-refractivity contribution is 5.98. The standard InChI is InChI=1S/C25H24N2O4/c26-23(30)21(16-17-22(28)29)27-24(31)25(18-10-4-1-5-11-18,19-12-6-2-7-13-19)20-14-8-3-9-15-20/h1-15,21H,16-17H2,(H2,26,30)(H,27,31)(H,28,29)/t21-/m0/s1. The lowest BCUT2D eigenvalue weighted by Crippen LogP contribution is -2.53. The van der Waals surface area contributed by atoms with Crippen molar-refractivity contribution in [1.29, 1.82) is 0 Å². The zero-order valence-corrected chi connectivity index (χ0v) is 16.9. The van der Waals surface area contributed by atoms with Crippen LogP contribution >= 0.6 is 0 Å². The number of benzene rings is 3. The van der Waals surface area contributed by atoms with Crippen molar-refractivity contribution >= 4 is 17.8 Å². The molecule has 2 amide bonds. The second-order valence-corrected chi connectivity index (χ2v) is 7.21. The van der Waals surface area contributed by atoms with Crippen molar-refractivity contribution in [3.8, 4) is 0 Å². The molecule has 6 heteroatoms. The number of carbonyl (C=O) groups is 3. The van der Waals surface area contributed by atoms with Crippen LogP contribution in [0.15, 0.2) is 91.0 Å². The van der Waals surface area contributed by atoms with E-state index in [1.54, 1.807) is 0 Å². The summed E-state index contributed by atoms with van der Waals surface area (Å²) in [4.78, 5) is 37.0. The van der Waals surface area contributed by atoms with E-state index in [1.807, 2.05) is 91.0 Å². The Kier molecular flexibility index (Phi) is 6.82. The lowest BCUT2D eigenvalue weighted by molar-refractivity contribution is -0.138. The maximum atomic E-state index is 14.0. The average Bonchev–Trinajstić information content (AvgIpc) is 2.79. The molecule has 0 saturated carbocycles. The molecule has 3 aromatic rings. The van der Waals surface area contributed by atoms with Crippen LogP contribution in [0.1, 0.15) is 29.5 Å². The molecular formula is C25H24N2O4. The molecule has 0 spiro atoms. The predicted octanol–water partition coefficient (Wildman–Crippen LogP) is 2.86. The van der Waals surface area contributed by atoms with Gasteiger partial charge in [0.05, 0.1) is 0 Å². The topological polar surface area (TPSA) is 109 Å². The van der Waals surface area contributed by atoms with Gasteiger partial charge in [-0.25, -0.2) is 0 Å². The van der Waals surface area contributed by atoms with E-state index >= 15 is 0 Å². The molecule has 158 valence electrons. The van der Waals surface area contributed by atoms with E-state index in [0.717, 1.165) is 0 Å². The zero-order chi connectivity index (χ0) is 22.3. The van der Waals surface area contributed by atoms with Crippen molar-refractivity contribution in [3.05, 3.63) is 108 Å². The van der Waals surface area contributed by atoms with E-state index < -0.39 is 29.2 Å². The van der Waals surface area contributed by atoms with Crippen LogP contribution in [0.2, 0.25) is 0 Å². The van der Waals surface area contributed by atoms with Gasteiger partial charge in [0.15, 0.2) is 0 Å². The van der Waals surface area contributed by atoms with Crippen LogP contribution in [0.25, 0.3) is 0 Å². The Morgan fingerprint density at radius 3 is 1.48 bits per heavy atom. The van der Waals surface area contributed by atoms with Gasteiger partial charge < -0.3 is 16.2 Å². The Balaban J connectivity index is 2.18. The van der Waals surface area contributed by atoms with Gasteiger partial charge in [-0.3, -0.25) is 14.4 Å². The molecule has 6 nitrogen and oxygen atoms in total. The number of carboxylic acid groups (broad SMARTS) is 1. The fourth-order valence-corrected chi connectivity index (χ4v) is 3.78. The van der Waals surface area contributed by atoms with Crippen molar-refractivity contribution in [2.75, 3.05) is 0 Å². The van der Waals surface area contributed by atoms with Gasteiger partial charge in [-0.05, 0) is 23.1 Å². The number of carboxylic acids is 1. The van der Waals surface area contributed by atoms with Crippen LogP contribution in [0.3, 0.4) is 0 Å². The molecule has 31 heavy (non-hydrogen) atoms. The van der Waals surface area contributed by atoms with Crippen LogP contribution in [0.4, 0.5) is 0 Å². The van der Waals surface area contributed by atoms with Crippen molar-refractivity contribution in [2.24, 2.45) is 5.73 Å². The van der Waals surface area contributed by atoms with Crippen LogP contribution < -0.4 is 11.1 Å². The Morgan fingerprint density at radius 1 is 0.774 bits per heavy atom. The summed E-state index contributed by atoms with van der Waals surface area (Å²) in [6.45, 7) is 0. The lowest BCUT2D eigenvalue weighted by atomic mass is 9.68. The van der Waals surface area contributed by atoms with Crippen LogP contribution in [0, 0.1) is 0 Å². The number of aliphatic carboxylic acids is 1. The van der Waals surface area contributed by atoms with E-state index in [4.69, 9.17) is 10.8 Å². The zero-order valence-electron chi connectivity index (χ0n) is 16.9. The van der Waals surface area contributed by atoms with Crippen LogP contribution in [-0.4, -0.2) is 28.9 Å². The number of hydrogen-bond acceptors (Lipinski definition) is 3. The molecule has 0 aromatic heterocycles. The second-order valence-electron chi connectivity index (χ2n) is 7.21. The molecule has 0 radical (unpaired) electrons. The monoisotopic (exact) mass is 416 g/mol. The van der Waals surface area contributed by atoms with Crippen LogP contribution in [-0.2, 0) is 19.8 Å². The van der Waals surface area contributed by atoms with Crippen molar-refractivity contribution < 1.29 is 19.5 Å². The Morgan fingerprint density at radius 2 is 1.16 bits per heavy atom. The molecule has 0 aliphatic rings. The van der Waals surface area contributed by atoms with Gasteiger partial charge in [0.1, 0.15) is 11.5 Å². The number of nitrogens with two attached hydrogens (primary N) is 1. The van der Waals surface area contributed by atoms with Gasteiger partial charge in [-0.2, -0.15) is 0 Å². The molecule has 0 bridgehead atoms. The molecule has 0 heterocycles. The predicted molar refractivity (Wildman–Crippen MR) is 117 cm³/mol. The van der Waals surface area contributed by atoms with Gasteiger partial charge in [0, 0.05) is 6.42 Å². The Hall–Kier alpha value is -3.93. The summed E-state index contributed by atoms with van der Waals surface area (Å²) in [6.07, 6.45) is -0.381. The minimum Gasteiger partial charge on any atom is -0.481 e. The number of hydrogen-bond donors (Lipinski definition) is 3. The lowest BCUT2D eigenvalue weighted by Gasteiger charge is -2.35. The van der Waals surface area contributed by atoms with Gasteiger partial charge in [-0.15, -0.1) is 0 Å². The van der Waals surface area contributed by atoms with E-state index in [2.05, 4.69) is 5.32 Å². The number of nitrogens with one attached hydrogen (secondary N) is 1. The Bertz CT molecular complexity index is 940. The summed E-state index contributed by atoms with van der Waals surface area (Å²) >= 11 is 0. The van der Waals surface area contributed by atoms with Crippen molar-refractivity contribution in [2.45, 2.75) is 24.3 Å². The third-order valence-corrected chi connectivity index (χ3v) is 5.26. The third-order valence-electron chi connectivity index (χ3n) is 5.26. The quantitative estimate of drug-likeness (QED) is 0.466. The van der Waals surface area contributed by atoms with Gasteiger partial charge in [0.2, 0.25) is 11.8 Å². The largest absolute Gasteiger partial charge is 0.481 e.